The van der Waals surface area contributed by atoms with E-state index in [0.29, 0.717) is 0 Å². The molecule has 0 bridgehead atoms. The Kier molecular flexibility index (Phi) is 8.25. The van der Waals surface area contributed by atoms with Gasteiger partial charge in [-0.15, -0.1) is 0 Å². The molecule has 10 nitrogen and oxygen atoms in total. The number of rotatable bonds is 10. The molecule has 1 heterocycles. The summed E-state index contributed by atoms with van der Waals surface area (Å²) in [4.78, 5) is 50.5. The number of amides is 3. The summed E-state index contributed by atoms with van der Waals surface area (Å²) >= 11 is 3.91. The molecule has 0 aliphatic rings. The van der Waals surface area contributed by atoms with Crippen LogP contribution >= 0.6 is 12.6 Å². The maximum atomic E-state index is 12.1. The predicted octanol–water partition coefficient (Wildman–Crippen LogP) is -0.842. The second kappa shape index (κ2) is 10.6. The topological polar surface area (TPSA) is 166 Å². The molecule has 0 spiro atoms. The van der Waals surface area contributed by atoms with Gasteiger partial charge in [-0.2, -0.15) is 12.6 Å². The molecule has 0 saturated carbocycles. The molecular formula is C19H25N5O5S. The number of carboxylic acid groups (broad SMARTS) is 1. The molecule has 11 heteroatoms. The number of fused-ring (bicyclic) bond motifs is 1. The van der Waals surface area contributed by atoms with E-state index in [0.717, 1.165) is 16.5 Å². The number of thiol groups is 1. The lowest BCUT2D eigenvalue weighted by Crippen LogP contribution is -2.52. The summed E-state index contributed by atoms with van der Waals surface area (Å²) in [5.41, 5.74) is 7.13. The van der Waals surface area contributed by atoms with E-state index in [2.05, 4.69) is 33.6 Å². The van der Waals surface area contributed by atoms with Gasteiger partial charge in [0.1, 0.15) is 12.1 Å². The fraction of sp³-hybridized carbons (Fsp3) is 0.368. The zero-order valence-corrected chi connectivity index (χ0v) is 17.2. The molecule has 0 aliphatic heterocycles. The first-order chi connectivity index (χ1) is 14.2. The molecule has 2 rings (SSSR count). The number of carbonyl (C=O) groups excluding carboxylic acids is 3. The second-order valence-corrected chi connectivity index (χ2v) is 7.12. The third-order valence-electron chi connectivity index (χ3n) is 4.44. The highest BCUT2D eigenvalue weighted by molar-refractivity contribution is 7.80. The van der Waals surface area contributed by atoms with Gasteiger partial charge in [0, 0.05) is 29.3 Å². The zero-order valence-electron chi connectivity index (χ0n) is 16.3. The van der Waals surface area contributed by atoms with Crippen molar-refractivity contribution >= 4 is 47.2 Å². The van der Waals surface area contributed by atoms with E-state index in [9.17, 15) is 24.3 Å². The molecule has 0 radical (unpaired) electrons. The van der Waals surface area contributed by atoms with E-state index in [-0.39, 0.29) is 12.2 Å². The first kappa shape index (κ1) is 23.2. The molecule has 1 aromatic carbocycles. The predicted molar refractivity (Wildman–Crippen MR) is 114 cm³/mol. The number of nitrogens with two attached hydrogens (primary N) is 1. The lowest BCUT2D eigenvalue weighted by molar-refractivity contribution is -0.141. The molecule has 30 heavy (non-hydrogen) atoms. The summed E-state index contributed by atoms with van der Waals surface area (Å²) in [5.74, 6) is -2.88. The van der Waals surface area contributed by atoms with Gasteiger partial charge < -0.3 is 31.8 Å². The van der Waals surface area contributed by atoms with Crippen molar-refractivity contribution in [3.8, 4) is 0 Å². The number of aromatic nitrogens is 1. The maximum absolute atomic E-state index is 12.1. The SMILES string of the molecule is CC(NC(=O)C(N)CS)C(=O)NCC(=O)NC(Cc1c[nH]c2ccccc12)C(=O)O. The van der Waals surface area contributed by atoms with Crippen LogP contribution in [-0.4, -0.2) is 64.2 Å². The van der Waals surface area contributed by atoms with Crippen LogP contribution in [0.15, 0.2) is 30.5 Å². The minimum absolute atomic E-state index is 0.0765. The quantitative estimate of drug-likeness (QED) is 0.240. The fourth-order valence-electron chi connectivity index (χ4n) is 2.76. The molecule has 162 valence electrons. The molecule has 2 aromatic rings. The van der Waals surface area contributed by atoms with Crippen LogP contribution in [0.4, 0.5) is 0 Å². The normalized spacial score (nSPS) is 13.8. The van der Waals surface area contributed by atoms with Crippen molar-refractivity contribution in [1.82, 2.24) is 20.9 Å². The number of aromatic amines is 1. The summed E-state index contributed by atoms with van der Waals surface area (Å²) < 4.78 is 0. The van der Waals surface area contributed by atoms with Crippen LogP contribution < -0.4 is 21.7 Å². The highest BCUT2D eigenvalue weighted by Crippen LogP contribution is 2.19. The van der Waals surface area contributed by atoms with Crippen molar-refractivity contribution in [3.05, 3.63) is 36.0 Å². The van der Waals surface area contributed by atoms with Gasteiger partial charge in [0.2, 0.25) is 17.7 Å². The van der Waals surface area contributed by atoms with E-state index in [1.807, 2.05) is 24.3 Å². The molecule has 0 aliphatic carbocycles. The fourth-order valence-corrected chi connectivity index (χ4v) is 2.92. The van der Waals surface area contributed by atoms with Gasteiger partial charge in [-0.1, -0.05) is 18.2 Å². The molecule has 0 saturated heterocycles. The van der Waals surface area contributed by atoms with Crippen LogP contribution in [0.2, 0.25) is 0 Å². The number of aliphatic carboxylic acids is 1. The maximum Gasteiger partial charge on any atom is 0.326 e. The summed E-state index contributed by atoms with van der Waals surface area (Å²) in [5, 5.41) is 17.5. The van der Waals surface area contributed by atoms with Crippen molar-refractivity contribution in [1.29, 1.82) is 0 Å². The third kappa shape index (κ3) is 6.22. The van der Waals surface area contributed by atoms with Gasteiger partial charge in [0.05, 0.1) is 12.6 Å². The first-order valence-electron chi connectivity index (χ1n) is 9.24. The van der Waals surface area contributed by atoms with Crippen LogP contribution in [0.3, 0.4) is 0 Å². The highest BCUT2D eigenvalue weighted by Gasteiger charge is 2.23. The largest absolute Gasteiger partial charge is 0.480 e. The van der Waals surface area contributed by atoms with Crippen molar-refractivity contribution in [3.63, 3.8) is 0 Å². The van der Waals surface area contributed by atoms with Gasteiger partial charge in [-0.3, -0.25) is 14.4 Å². The Morgan fingerprint density at radius 2 is 1.87 bits per heavy atom. The van der Waals surface area contributed by atoms with Crippen LogP contribution in [0.1, 0.15) is 12.5 Å². The van der Waals surface area contributed by atoms with Crippen LogP contribution in [0.25, 0.3) is 10.9 Å². The molecular weight excluding hydrogens is 410 g/mol. The van der Waals surface area contributed by atoms with Crippen LogP contribution in [-0.2, 0) is 25.6 Å². The molecule has 3 atom stereocenters. The number of para-hydroxylation sites is 1. The molecule has 0 fully saturated rings. The first-order valence-corrected chi connectivity index (χ1v) is 9.87. The van der Waals surface area contributed by atoms with Gasteiger partial charge in [-0.25, -0.2) is 4.79 Å². The number of carbonyl (C=O) groups is 4. The van der Waals surface area contributed by atoms with Gasteiger partial charge in [0.15, 0.2) is 0 Å². The van der Waals surface area contributed by atoms with E-state index in [4.69, 9.17) is 5.73 Å². The zero-order chi connectivity index (χ0) is 22.3. The lowest BCUT2D eigenvalue weighted by Gasteiger charge is -2.17. The van der Waals surface area contributed by atoms with E-state index in [1.54, 1.807) is 6.20 Å². The van der Waals surface area contributed by atoms with Crippen LogP contribution in [0, 0.1) is 0 Å². The average Bonchev–Trinajstić information content (AvgIpc) is 3.13. The van der Waals surface area contributed by atoms with E-state index < -0.39 is 48.4 Å². The molecule has 3 amide bonds. The Labute approximate surface area is 178 Å². The summed E-state index contributed by atoms with van der Waals surface area (Å²) in [6.07, 6.45) is 1.78. The smallest absolute Gasteiger partial charge is 0.326 e. The van der Waals surface area contributed by atoms with Crippen molar-refractivity contribution < 1.29 is 24.3 Å². The highest BCUT2D eigenvalue weighted by atomic mass is 32.1. The summed E-state index contributed by atoms with van der Waals surface area (Å²) in [6, 6.07) is 4.48. The Balaban J connectivity index is 1.89. The summed E-state index contributed by atoms with van der Waals surface area (Å²) in [6.45, 7) is 1.00. The Bertz CT molecular complexity index is 931. The van der Waals surface area contributed by atoms with Crippen molar-refractivity contribution in [2.24, 2.45) is 5.73 Å². The van der Waals surface area contributed by atoms with Crippen molar-refractivity contribution in [2.75, 3.05) is 12.3 Å². The number of H-pyrrole nitrogens is 1. The minimum Gasteiger partial charge on any atom is -0.480 e. The van der Waals surface area contributed by atoms with Gasteiger partial charge in [0.25, 0.3) is 0 Å². The monoisotopic (exact) mass is 435 g/mol. The van der Waals surface area contributed by atoms with Crippen LogP contribution in [0.5, 0.6) is 0 Å². The Hall–Kier alpha value is -3.05. The lowest BCUT2D eigenvalue weighted by atomic mass is 10.0. The number of hydrogen-bond acceptors (Lipinski definition) is 6. The standard InChI is InChI=1S/C19H25N5O5S/c1-10(23-18(27)13(20)9-30)17(26)22-8-16(25)24-15(19(28)29)6-11-7-21-14-5-3-2-4-12(11)14/h2-5,7,10,13,15,21,30H,6,8-9,20H2,1H3,(H,22,26)(H,23,27)(H,24,25)(H,28,29). The van der Waals surface area contributed by atoms with Crippen molar-refractivity contribution in [2.45, 2.75) is 31.5 Å². The molecule has 7 N–H and O–H groups in total. The number of nitrogens with one attached hydrogen (secondary N) is 4. The second-order valence-electron chi connectivity index (χ2n) is 6.76. The minimum atomic E-state index is -1.19. The van der Waals surface area contributed by atoms with E-state index >= 15 is 0 Å². The Morgan fingerprint density at radius 1 is 1.17 bits per heavy atom. The van der Waals surface area contributed by atoms with Gasteiger partial charge in [-0.05, 0) is 18.6 Å². The number of hydrogen-bond donors (Lipinski definition) is 7. The Morgan fingerprint density at radius 3 is 2.53 bits per heavy atom. The number of benzene rings is 1. The summed E-state index contributed by atoms with van der Waals surface area (Å²) in [7, 11) is 0. The number of carboxylic acids is 1. The average molecular weight is 436 g/mol. The molecule has 1 aromatic heterocycles. The third-order valence-corrected chi connectivity index (χ3v) is 4.83. The molecule has 3 unspecified atom stereocenters. The van der Waals surface area contributed by atoms with Gasteiger partial charge >= 0.3 is 5.97 Å². The van der Waals surface area contributed by atoms with E-state index in [1.165, 1.54) is 6.92 Å².